The maximum atomic E-state index is 11.8. The second-order valence-electron chi connectivity index (χ2n) is 5.22. The SMILES string of the molecule is CCC1(NCc2cc(=O)n(C)c(=O)n2C)CCC1. The Morgan fingerprint density at radius 2 is 1.94 bits per heavy atom. The lowest BCUT2D eigenvalue weighted by atomic mass is 9.75. The van der Waals surface area contributed by atoms with Crippen LogP contribution in [0.3, 0.4) is 0 Å². The summed E-state index contributed by atoms with van der Waals surface area (Å²) in [7, 11) is 3.21. The summed E-state index contributed by atoms with van der Waals surface area (Å²) in [4.78, 5) is 23.4. The van der Waals surface area contributed by atoms with Crippen LogP contribution in [0.5, 0.6) is 0 Å². The van der Waals surface area contributed by atoms with Gasteiger partial charge in [0.05, 0.1) is 0 Å². The third-order valence-electron chi connectivity index (χ3n) is 4.26. The summed E-state index contributed by atoms with van der Waals surface area (Å²) in [5.74, 6) is 0. The average molecular weight is 251 g/mol. The van der Waals surface area contributed by atoms with Crippen molar-refractivity contribution in [1.82, 2.24) is 14.5 Å². The van der Waals surface area contributed by atoms with E-state index in [2.05, 4.69) is 12.2 Å². The van der Waals surface area contributed by atoms with E-state index in [1.165, 1.54) is 36.9 Å². The first-order valence-electron chi connectivity index (χ1n) is 6.50. The van der Waals surface area contributed by atoms with Gasteiger partial charge < -0.3 is 5.32 Å². The van der Waals surface area contributed by atoms with Gasteiger partial charge in [-0.05, 0) is 25.7 Å². The molecule has 1 fully saturated rings. The lowest BCUT2D eigenvalue weighted by Gasteiger charge is -2.42. The predicted octanol–water partition coefficient (Wildman–Crippen LogP) is 0.506. The minimum absolute atomic E-state index is 0.219. The first-order chi connectivity index (χ1) is 8.49. The predicted molar refractivity (Wildman–Crippen MR) is 70.6 cm³/mol. The van der Waals surface area contributed by atoms with Gasteiger partial charge in [0.25, 0.3) is 5.56 Å². The van der Waals surface area contributed by atoms with E-state index in [0.29, 0.717) is 6.54 Å². The Bertz CT molecular complexity index is 547. The van der Waals surface area contributed by atoms with Crippen LogP contribution in [0.15, 0.2) is 15.7 Å². The molecule has 0 saturated heterocycles. The fourth-order valence-electron chi connectivity index (χ4n) is 2.48. The number of aromatic nitrogens is 2. The largest absolute Gasteiger partial charge is 0.330 e. The molecule has 0 unspecified atom stereocenters. The van der Waals surface area contributed by atoms with Crippen LogP contribution < -0.4 is 16.6 Å². The van der Waals surface area contributed by atoms with Crippen LogP contribution in [0.1, 0.15) is 38.3 Å². The van der Waals surface area contributed by atoms with Crippen LogP contribution in [-0.4, -0.2) is 14.7 Å². The molecule has 1 saturated carbocycles. The van der Waals surface area contributed by atoms with Crippen LogP contribution in [0.4, 0.5) is 0 Å². The highest BCUT2D eigenvalue weighted by Crippen LogP contribution is 2.34. The monoisotopic (exact) mass is 251 g/mol. The van der Waals surface area contributed by atoms with Gasteiger partial charge in [-0.2, -0.15) is 0 Å². The third-order valence-corrected chi connectivity index (χ3v) is 4.26. The van der Waals surface area contributed by atoms with Gasteiger partial charge in [-0.1, -0.05) is 6.92 Å². The molecular weight excluding hydrogens is 230 g/mol. The minimum atomic E-state index is -0.265. The number of rotatable bonds is 4. The summed E-state index contributed by atoms with van der Waals surface area (Å²) in [5, 5.41) is 3.51. The molecule has 0 bridgehead atoms. The molecule has 18 heavy (non-hydrogen) atoms. The number of hydrogen-bond acceptors (Lipinski definition) is 3. The fraction of sp³-hybridized carbons (Fsp3) is 0.692. The highest BCUT2D eigenvalue weighted by Gasteiger charge is 2.34. The molecule has 1 aliphatic carbocycles. The van der Waals surface area contributed by atoms with Gasteiger partial charge in [-0.15, -0.1) is 0 Å². The molecule has 0 aromatic carbocycles. The zero-order valence-electron chi connectivity index (χ0n) is 11.3. The van der Waals surface area contributed by atoms with E-state index in [1.807, 2.05) is 0 Å². The number of nitrogens with zero attached hydrogens (tertiary/aromatic N) is 2. The quantitative estimate of drug-likeness (QED) is 0.848. The van der Waals surface area contributed by atoms with Crippen LogP contribution in [0.2, 0.25) is 0 Å². The zero-order chi connectivity index (χ0) is 13.3. The molecule has 0 aliphatic heterocycles. The summed E-state index contributed by atoms with van der Waals surface area (Å²) < 4.78 is 2.67. The Kier molecular flexibility index (Phi) is 3.43. The van der Waals surface area contributed by atoms with E-state index >= 15 is 0 Å². The molecule has 100 valence electrons. The number of nitrogens with one attached hydrogen (secondary N) is 1. The third kappa shape index (κ3) is 2.14. The molecule has 1 heterocycles. The van der Waals surface area contributed by atoms with Crippen molar-refractivity contribution in [3.8, 4) is 0 Å². The van der Waals surface area contributed by atoms with Crippen molar-refractivity contribution in [3.63, 3.8) is 0 Å². The molecule has 5 heteroatoms. The first-order valence-corrected chi connectivity index (χ1v) is 6.50. The summed E-state index contributed by atoms with van der Waals surface area (Å²) in [6.07, 6.45) is 4.71. The molecule has 0 atom stereocenters. The van der Waals surface area contributed by atoms with Crippen molar-refractivity contribution >= 4 is 0 Å². The van der Waals surface area contributed by atoms with Gasteiger partial charge in [0, 0.05) is 37.9 Å². The van der Waals surface area contributed by atoms with Crippen LogP contribution in [0.25, 0.3) is 0 Å². The number of hydrogen-bond donors (Lipinski definition) is 1. The smallest absolute Gasteiger partial charge is 0.306 e. The Morgan fingerprint density at radius 3 is 2.44 bits per heavy atom. The van der Waals surface area contributed by atoms with Crippen molar-refractivity contribution in [1.29, 1.82) is 0 Å². The second-order valence-corrected chi connectivity index (χ2v) is 5.22. The van der Waals surface area contributed by atoms with Gasteiger partial charge >= 0.3 is 5.69 Å². The molecule has 0 amide bonds. The lowest BCUT2D eigenvalue weighted by Crippen LogP contribution is -2.50. The van der Waals surface area contributed by atoms with E-state index < -0.39 is 0 Å². The fourth-order valence-corrected chi connectivity index (χ4v) is 2.48. The molecule has 2 rings (SSSR count). The first kappa shape index (κ1) is 13.1. The summed E-state index contributed by atoms with van der Waals surface area (Å²) in [6, 6.07) is 1.54. The molecule has 1 N–H and O–H groups in total. The van der Waals surface area contributed by atoms with Crippen LogP contribution in [0, 0.1) is 0 Å². The van der Waals surface area contributed by atoms with E-state index in [1.54, 1.807) is 7.05 Å². The van der Waals surface area contributed by atoms with Gasteiger partial charge in [-0.3, -0.25) is 13.9 Å². The Balaban J connectivity index is 2.20. The molecule has 1 aromatic heterocycles. The molecule has 0 spiro atoms. The zero-order valence-corrected chi connectivity index (χ0v) is 11.3. The van der Waals surface area contributed by atoms with Gasteiger partial charge in [0.1, 0.15) is 0 Å². The van der Waals surface area contributed by atoms with Gasteiger partial charge in [0.15, 0.2) is 0 Å². The van der Waals surface area contributed by atoms with Crippen LogP contribution >= 0.6 is 0 Å². The Hall–Kier alpha value is -1.36. The van der Waals surface area contributed by atoms with E-state index in [9.17, 15) is 9.59 Å². The highest BCUT2D eigenvalue weighted by atomic mass is 16.2. The molecule has 0 radical (unpaired) electrons. The van der Waals surface area contributed by atoms with E-state index in [4.69, 9.17) is 0 Å². The van der Waals surface area contributed by atoms with Crippen molar-refractivity contribution in [2.45, 2.75) is 44.7 Å². The van der Waals surface area contributed by atoms with Gasteiger partial charge in [-0.25, -0.2) is 4.79 Å². The lowest BCUT2D eigenvalue weighted by molar-refractivity contribution is 0.174. The highest BCUT2D eigenvalue weighted by molar-refractivity contribution is 5.04. The van der Waals surface area contributed by atoms with Crippen molar-refractivity contribution < 1.29 is 0 Å². The van der Waals surface area contributed by atoms with Gasteiger partial charge in [0.2, 0.25) is 0 Å². The second kappa shape index (κ2) is 4.72. The molecular formula is C13H21N3O2. The Morgan fingerprint density at radius 1 is 1.28 bits per heavy atom. The van der Waals surface area contributed by atoms with E-state index in [0.717, 1.165) is 16.7 Å². The average Bonchev–Trinajstić information content (AvgIpc) is 2.32. The Labute approximate surface area is 106 Å². The standard InChI is InChI=1S/C13H21N3O2/c1-4-13(6-5-7-13)14-9-10-8-11(17)16(3)12(18)15(10)2/h8,14H,4-7,9H2,1-3H3. The summed E-state index contributed by atoms with van der Waals surface area (Å²) in [6.45, 7) is 2.75. The maximum Gasteiger partial charge on any atom is 0.330 e. The topological polar surface area (TPSA) is 56.0 Å². The maximum absolute atomic E-state index is 11.8. The molecule has 1 aliphatic rings. The van der Waals surface area contributed by atoms with E-state index in [-0.39, 0.29) is 16.8 Å². The normalized spacial score (nSPS) is 17.5. The minimum Gasteiger partial charge on any atom is -0.306 e. The van der Waals surface area contributed by atoms with Crippen molar-refractivity contribution in [2.75, 3.05) is 0 Å². The summed E-state index contributed by atoms with van der Waals surface area (Å²) in [5.41, 5.74) is 0.465. The van der Waals surface area contributed by atoms with Crippen molar-refractivity contribution in [3.05, 3.63) is 32.6 Å². The molecule has 5 nitrogen and oxygen atoms in total. The van der Waals surface area contributed by atoms with Crippen LogP contribution in [-0.2, 0) is 20.6 Å². The van der Waals surface area contributed by atoms with Crippen molar-refractivity contribution in [2.24, 2.45) is 14.1 Å². The summed E-state index contributed by atoms with van der Waals surface area (Å²) >= 11 is 0. The molecule has 1 aromatic rings.